The van der Waals surface area contributed by atoms with E-state index in [1.54, 1.807) is 0 Å². The Morgan fingerprint density at radius 2 is 1.86 bits per heavy atom. The number of esters is 1. The van der Waals surface area contributed by atoms with Crippen molar-refractivity contribution in [3.63, 3.8) is 0 Å². The van der Waals surface area contributed by atoms with Gasteiger partial charge in [-0.2, -0.15) is 0 Å². The van der Waals surface area contributed by atoms with Crippen LogP contribution < -0.4 is 5.32 Å². The minimum atomic E-state index is -0.478. The second-order valence-corrected chi connectivity index (χ2v) is 6.42. The van der Waals surface area contributed by atoms with Crippen molar-refractivity contribution in [2.45, 2.75) is 58.6 Å². The van der Waals surface area contributed by atoms with Crippen LogP contribution in [0.3, 0.4) is 0 Å². The second-order valence-electron chi connectivity index (χ2n) is 6.42. The first kappa shape index (κ1) is 17.8. The van der Waals surface area contributed by atoms with Crippen LogP contribution in [0.15, 0.2) is 0 Å². The monoisotopic (exact) mass is 300 g/mol. The number of alkyl carbamates (subject to hydrolysis) is 1. The molecule has 0 spiro atoms. The molecule has 0 atom stereocenters. The Balaban J connectivity index is 2.23. The molecule has 0 unspecified atom stereocenters. The molecular weight excluding hydrogens is 272 g/mol. The molecule has 1 amide bonds. The lowest BCUT2D eigenvalue weighted by Crippen LogP contribution is -2.47. The average molecular weight is 300 g/mol. The summed E-state index contributed by atoms with van der Waals surface area (Å²) < 4.78 is 10.3. The van der Waals surface area contributed by atoms with Crippen LogP contribution in [-0.2, 0) is 14.3 Å². The van der Waals surface area contributed by atoms with Crippen LogP contribution in [-0.4, -0.2) is 54.8 Å². The van der Waals surface area contributed by atoms with Crippen LogP contribution in [0.4, 0.5) is 4.79 Å². The van der Waals surface area contributed by atoms with Crippen molar-refractivity contribution in [2.75, 3.05) is 26.2 Å². The van der Waals surface area contributed by atoms with Gasteiger partial charge in [0, 0.05) is 19.1 Å². The van der Waals surface area contributed by atoms with Crippen LogP contribution in [0, 0.1) is 0 Å². The summed E-state index contributed by atoms with van der Waals surface area (Å²) in [5.74, 6) is -0.171. The number of amides is 1. The molecule has 0 aromatic heterocycles. The van der Waals surface area contributed by atoms with Crippen molar-refractivity contribution in [3.8, 4) is 0 Å². The third kappa shape index (κ3) is 7.90. The fraction of sp³-hybridized carbons (Fsp3) is 0.867. The summed E-state index contributed by atoms with van der Waals surface area (Å²) in [4.78, 5) is 25.3. The van der Waals surface area contributed by atoms with Crippen LogP contribution in [0.2, 0.25) is 0 Å². The highest BCUT2D eigenvalue weighted by Gasteiger charge is 2.24. The van der Waals surface area contributed by atoms with Gasteiger partial charge in [0.15, 0.2) is 0 Å². The maximum absolute atomic E-state index is 11.7. The van der Waals surface area contributed by atoms with E-state index in [0.29, 0.717) is 13.2 Å². The topological polar surface area (TPSA) is 67.9 Å². The molecular formula is C15H28N2O4. The van der Waals surface area contributed by atoms with Gasteiger partial charge in [-0.3, -0.25) is 9.69 Å². The van der Waals surface area contributed by atoms with Gasteiger partial charge in [0.05, 0.1) is 13.2 Å². The van der Waals surface area contributed by atoms with E-state index in [1.807, 2.05) is 27.7 Å². The van der Waals surface area contributed by atoms with E-state index < -0.39 is 5.60 Å². The van der Waals surface area contributed by atoms with Gasteiger partial charge in [0.25, 0.3) is 0 Å². The van der Waals surface area contributed by atoms with E-state index in [0.717, 1.165) is 32.4 Å². The molecule has 6 heteroatoms. The smallest absolute Gasteiger partial charge is 0.407 e. The molecule has 1 heterocycles. The number of hydrogen-bond acceptors (Lipinski definition) is 5. The number of hydrogen-bond donors (Lipinski definition) is 1. The highest BCUT2D eigenvalue weighted by Crippen LogP contribution is 2.12. The molecule has 0 saturated carbocycles. The molecule has 1 aliphatic heterocycles. The van der Waals surface area contributed by atoms with Gasteiger partial charge in [-0.05, 0) is 40.0 Å². The number of rotatable bonds is 5. The van der Waals surface area contributed by atoms with Gasteiger partial charge in [0.2, 0.25) is 0 Å². The van der Waals surface area contributed by atoms with Crippen LogP contribution >= 0.6 is 0 Å². The van der Waals surface area contributed by atoms with Gasteiger partial charge in [-0.1, -0.05) is 6.92 Å². The van der Waals surface area contributed by atoms with Gasteiger partial charge in [-0.15, -0.1) is 0 Å². The van der Waals surface area contributed by atoms with Crippen LogP contribution in [0.5, 0.6) is 0 Å². The van der Waals surface area contributed by atoms with Crippen molar-refractivity contribution in [2.24, 2.45) is 0 Å². The second kappa shape index (κ2) is 8.22. The molecule has 0 aromatic carbocycles. The lowest BCUT2D eigenvalue weighted by atomic mass is 10.1. The zero-order chi connectivity index (χ0) is 15.9. The molecule has 122 valence electrons. The van der Waals surface area contributed by atoms with Gasteiger partial charge >= 0.3 is 12.1 Å². The molecule has 1 fully saturated rings. The molecule has 1 aliphatic rings. The highest BCUT2D eigenvalue weighted by atomic mass is 16.6. The molecule has 1 saturated heterocycles. The predicted molar refractivity (Wildman–Crippen MR) is 80.1 cm³/mol. The first-order valence-corrected chi connectivity index (χ1v) is 7.67. The molecule has 0 radical (unpaired) electrons. The number of piperidine rings is 1. The fourth-order valence-corrected chi connectivity index (χ4v) is 2.15. The number of carbonyl (C=O) groups excluding carboxylic acids is 2. The van der Waals surface area contributed by atoms with E-state index in [2.05, 4.69) is 10.2 Å². The maximum Gasteiger partial charge on any atom is 0.407 e. The van der Waals surface area contributed by atoms with Gasteiger partial charge in [-0.25, -0.2) is 4.79 Å². The summed E-state index contributed by atoms with van der Waals surface area (Å²) in [5, 5.41) is 2.88. The number of nitrogens with zero attached hydrogens (tertiary/aromatic N) is 1. The standard InChI is InChI=1S/C15H28N2O4/c1-5-10-20-13(18)11-17-8-6-12(7-9-17)16-14(19)21-15(2,3)4/h12H,5-11H2,1-4H3,(H,16,19). The van der Waals surface area contributed by atoms with Crippen LogP contribution in [0.25, 0.3) is 0 Å². The van der Waals surface area contributed by atoms with Crippen molar-refractivity contribution < 1.29 is 19.1 Å². The quantitative estimate of drug-likeness (QED) is 0.786. The Labute approximate surface area is 127 Å². The molecule has 0 aromatic rings. The Morgan fingerprint density at radius 3 is 2.38 bits per heavy atom. The van der Waals surface area contributed by atoms with E-state index >= 15 is 0 Å². The summed E-state index contributed by atoms with van der Waals surface area (Å²) in [5.41, 5.74) is -0.478. The number of carbonyl (C=O) groups is 2. The fourth-order valence-electron chi connectivity index (χ4n) is 2.15. The normalized spacial score (nSPS) is 17.3. The molecule has 0 aliphatic carbocycles. The zero-order valence-corrected chi connectivity index (χ0v) is 13.6. The summed E-state index contributed by atoms with van der Waals surface area (Å²) >= 11 is 0. The van der Waals surface area contributed by atoms with Crippen LogP contribution in [0.1, 0.15) is 47.0 Å². The van der Waals surface area contributed by atoms with E-state index in [4.69, 9.17) is 9.47 Å². The number of ether oxygens (including phenoxy) is 2. The molecule has 0 bridgehead atoms. The van der Waals surface area contributed by atoms with E-state index in [1.165, 1.54) is 0 Å². The Morgan fingerprint density at radius 1 is 1.24 bits per heavy atom. The number of nitrogens with one attached hydrogen (secondary N) is 1. The highest BCUT2D eigenvalue weighted by molar-refractivity contribution is 5.71. The lowest BCUT2D eigenvalue weighted by Gasteiger charge is -2.32. The number of likely N-dealkylation sites (tertiary alicyclic amines) is 1. The predicted octanol–water partition coefficient (Wildman–Crippen LogP) is 1.93. The molecule has 6 nitrogen and oxygen atoms in total. The Hall–Kier alpha value is -1.30. The summed E-state index contributed by atoms with van der Waals surface area (Å²) in [7, 11) is 0. The maximum atomic E-state index is 11.7. The summed E-state index contributed by atoms with van der Waals surface area (Å²) in [6.07, 6.45) is 2.11. The Bertz CT molecular complexity index is 344. The zero-order valence-electron chi connectivity index (χ0n) is 13.6. The lowest BCUT2D eigenvalue weighted by molar-refractivity contribution is -0.145. The third-order valence-electron chi connectivity index (χ3n) is 3.13. The first-order valence-electron chi connectivity index (χ1n) is 7.67. The third-order valence-corrected chi connectivity index (χ3v) is 3.13. The molecule has 21 heavy (non-hydrogen) atoms. The SMILES string of the molecule is CCCOC(=O)CN1CCC(NC(=O)OC(C)(C)C)CC1. The summed E-state index contributed by atoms with van der Waals surface area (Å²) in [6.45, 7) is 9.88. The van der Waals surface area contributed by atoms with Crippen molar-refractivity contribution >= 4 is 12.1 Å². The Kier molecular flexibility index (Phi) is 6.95. The van der Waals surface area contributed by atoms with E-state index in [9.17, 15) is 9.59 Å². The molecule has 1 N–H and O–H groups in total. The first-order chi connectivity index (χ1) is 9.80. The van der Waals surface area contributed by atoms with Crippen molar-refractivity contribution in [1.29, 1.82) is 0 Å². The van der Waals surface area contributed by atoms with Crippen molar-refractivity contribution in [1.82, 2.24) is 10.2 Å². The molecule has 1 rings (SSSR count). The van der Waals surface area contributed by atoms with Crippen molar-refractivity contribution in [3.05, 3.63) is 0 Å². The average Bonchev–Trinajstić information content (AvgIpc) is 2.36. The van der Waals surface area contributed by atoms with Gasteiger partial charge in [0.1, 0.15) is 5.60 Å². The summed E-state index contributed by atoms with van der Waals surface area (Å²) in [6, 6.07) is 0.114. The minimum Gasteiger partial charge on any atom is -0.465 e. The van der Waals surface area contributed by atoms with Gasteiger partial charge < -0.3 is 14.8 Å². The largest absolute Gasteiger partial charge is 0.465 e. The minimum absolute atomic E-state index is 0.114. The van der Waals surface area contributed by atoms with E-state index in [-0.39, 0.29) is 18.1 Å².